The number of aliphatic hydroxyl groups is 1. The van der Waals surface area contributed by atoms with E-state index in [1.165, 1.54) is 11.1 Å². The summed E-state index contributed by atoms with van der Waals surface area (Å²) < 4.78 is 1.10. The van der Waals surface area contributed by atoms with Gasteiger partial charge in [-0.2, -0.15) is 0 Å². The van der Waals surface area contributed by atoms with E-state index in [1.54, 1.807) is 16.7 Å². The maximum Gasteiger partial charge on any atom is 0.233 e. The standard InChI is InChI=1S/C15H20BrNO2S/c1-4-15(19)8-17(9-15)14(18)7-20-13-6-10(2)12(16)5-11(13)3/h5-6,19H,4,7-9H2,1-3H3. The monoisotopic (exact) mass is 357 g/mol. The van der Waals surface area contributed by atoms with Gasteiger partial charge in [-0.1, -0.05) is 22.9 Å². The molecule has 1 heterocycles. The number of aryl methyl sites for hydroxylation is 2. The van der Waals surface area contributed by atoms with E-state index in [2.05, 4.69) is 35.0 Å². The Bertz CT molecular complexity index is 527. The van der Waals surface area contributed by atoms with Gasteiger partial charge in [-0.05, 0) is 43.5 Å². The Morgan fingerprint density at radius 2 is 2.05 bits per heavy atom. The molecule has 0 atom stereocenters. The highest BCUT2D eigenvalue weighted by Gasteiger charge is 2.41. The van der Waals surface area contributed by atoms with Crippen LogP contribution in [0, 0.1) is 13.8 Å². The van der Waals surface area contributed by atoms with Crippen molar-refractivity contribution in [2.45, 2.75) is 37.7 Å². The maximum absolute atomic E-state index is 12.1. The van der Waals surface area contributed by atoms with Crippen LogP contribution in [0.25, 0.3) is 0 Å². The summed E-state index contributed by atoms with van der Waals surface area (Å²) in [5, 5.41) is 9.93. The molecular formula is C15H20BrNO2S. The van der Waals surface area contributed by atoms with Crippen molar-refractivity contribution in [3.63, 3.8) is 0 Å². The lowest BCUT2D eigenvalue weighted by Gasteiger charge is -2.46. The summed E-state index contributed by atoms with van der Waals surface area (Å²) in [6, 6.07) is 4.19. The maximum atomic E-state index is 12.1. The van der Waals surface area contributed by atoms with Crippen molar-refractivity contribution in [2.75, 3.05) is 18.8 Å². The third kappa shape index (κ3) is 3.38. The third-order valence-corrected chi connectivity index (χ3v) is 5.78. The SMILES string of the molecule is CCC1(O)CN(C(=O)CSc2cc(C)c(Br)cc2C)C1. The van der Waals surface area contributed by atoms with Crippen LogP contribution < -0.4 is 0 Å². The number of rotatable bonds is 4. The fourth-order valence-corrected chi connectivity index (χ4v) is 3.67. The second-order valence-corrected chi connectivity index (χ2v) is 7.35. The summed E-state index contributed by atoms with van der Waals surface area (Å²) in [6.45, 7) is 7.00. The number of amides is 1. The molecular weight excluding hydrogens is 338 g/mol. The second-order valence-electron chi connectivity index (χ2n) is 5.48. The molecule has 1 N–H and O–H groups in total. The highest BCUT2D eigenvalue weighted by atomic mass is 79.9. The molecule has 0 saturated carbocycles. The Morgan fingerprint density at radius 3 is 2.65 bits per heavy atom. The van der Waals surface area contributed by atoms with Crippen molar-refractivity contribution >= 4 is 33.6 Å². The summed E-state index contributed by atoms with van der Waals surface area (Å²) in [4.78, 5) is 14.9. The van der Waals surface area contributed by atoms with Gasteiger partial charge in [0.1, 0.15) is 0 Å². The molecule has 20 heavy (non-hydrogen) atoms. The molecule has 1 aliphatic rings. The van der Waals surface area contributed by atoms with Gasteiger partial charge in [-0.15, -0.1) is 11.8 Å². The van der Waals surface area contributed by atoms with Crippen LogP contribution in [-0.4, -0.2) is 40.4 Å². The van der Waals surface area contributed by atoms with Gasteiger partial charge in [-0.25, -0.2) is 0 Å². The summed E-state index contributed by atoms with van der Waals surface area (Å²) in [5.41, 5.74) is 1.70. The number of halogens is 1. The molecule has 0 unspecified atom stereocenters. The molecule has 1 saturated heterocycles. The van der Waals surface area contributed by atoms with Gasteiger partial charge in [0.15, 0.2) is 0 Å². The molecule has 5 heteroatoms. The van der Waals surface area contributed by atoms with Crippen LogP contribution in [0.15, 0.2) is 21.5 Å². The van der Waals surface area contributed by atoms with Crippen molar-refractivity contribution in [1.29, 1.82) is 0 Å². The Kier molecular flexibility index (Phi) is 4.82. The van der Waals surface area contributed by atoms with Crippen LogP contribution >= 0.6 is 27.7 Å². The van der Waals surface area contributed by atoms with Crippen molar-refractivity contribution in [3.05, 3.63) is 27.7 Å². The topological polar surface area (TPSA) is 40.5 Å². The molecule has 0 aliphatic carbocycles. The number of likely N-dealkylation sites (tertiary alicyclic amines) is 1. The molecule has 1 aromatic rings. The summed E-state index contributed by atoms with van der Waals surface area (Å²) >= 11 is 5.08. The lowest BCUT2D eigenvalue weighted by molar-refractivity contribution is -0.152. The van der Waals surface area contributed by atoms with Gasteiger partial charge in [0, 0.05) is 9.37 Å². The number of nitrogens with zero attached hydrogens (tertiary/aromatic N) is 1. The van der Waals surface area contributed by atoms with Gasteiger partial charge in [0.2, 0.25) is 5.91 Å². The van der Waals surface area contributed by atoms with E-state index in [1.807, 2.05) is 13.8 Å². The number of thioether (sulfide) groups is 1. The Morgan fingerprint density at radius 1 is 1.40 bits per heavy atom. The quantitative estimate of drug-likeness (QED) is 0.841. The molecule has 1 fully saturated rings. The van der Waals surface area contributed by atoms with E-state index >= 15 is 0 Å². The summed E-state index contributed by atoms with van der Waals surface area (Å²) in [5.74, 6) is 0.537. The minimum atomic E-state index is -0.648. The first-order valence-corrected chi connectivity index (χ1v) is 8.52. The zero-order valence-corrected chi connectivity index (χ0v) is 14.5. The van der Waals surface area contributed by atoms with E-state index < -0.39 is 5.60 Å². The molecule has 110 valence electrons. The molecule has 0 radical (unpaired) electrons. The lowest BCUT2D eigenvalue weighted by atomic mass is 9.91. The number of carbonyl (C=O) groups excluding carboxylic acids is 1. The first-order valence-electron chi connectivity index (χ1n) is 6.74. The molecule has 0 bridgehead atoms. The third-order valence-electron chi connectivity index (χ3n) is 3.79. The van der Waals surface area contributed by atoms with Gasteiger partial charge in [0.05, 0.1) is 24.4 Å². The number of carbonyl (C=O) groups is 1. The normalized spacial score (nSPS) is 16.9. The van der Waals surface area contributed by atoms with Gasteiger partial charge < -0.3 is 10.0 Å². The predicted molar refractivity (Wildman–Crippen MR) is 86.2 cm³/mol. The zero-order chi connectivity index (χ0) is 14.9. The first-order chi connectivity index (χ1) is 9.34. The van der Waals surface area contributed by atoms with Crippen LogP contribution in [0.5, 0.6) is 0 Å². The minimum Gasteiger partial charge on any atom is -0.386 e. The number of hydrogen-bond acceptors (Lipinski definition) is 3. The van der Waals surface area contributed by atoms with E-state index in [9.17, 15) is 9.90 Å². The van der Waals surface area contributed by atoms with E-state index in [4.69, 9.17) is 0 Å². The van der Waals surface area contributed by atoms with Gasteiger partial charge in [-0.3, -0.25) is 4.79 Å². The van der Waals surface area contributed by atoms with Gasteiger partial charge >= 0.3 is 0 Å². The Balaban J connectivity index is 1.90. The van der Waals surface area contributed by atoms with Crippen LogP contribution in [-0.2, 0) is 4.79 Å². The minimum absolute atomic E-state index is 0.105. The molecule has 3 nitrogen and oxygen atoms in total. The van der Waals surface area contributed by atoms with Crippen molar-refractivity contribution in [1.82, 2.24) is 4.90 Å². The molecule has 1 aliphatic heterocycles. The summed E-state index contributed by atoms with van der Waals surface area (Å²) in [6.07, 6.45) is 0.703. The van der Waals surface area contributed by atoms with Crippen LogP contribution in [0.1, 0.15) is 24.5 Å². The van der Waals surface area contributed by atoms with Crippen LogP contribution in [0.4, 0.5) is 0 Å². The molecule has 1 amide bonds. The van der Waals surface area contributed by atoms with E-state index in [0.29, 0.717) is 25.3 Å². The highest BCUT2D eigenvalue weighted by Crippen LogP contribution is 2.30. The fourth-order valence-electron chi connectivity index (χ4n) is 2.20. The number of hydrogen-bond donors (Lipinski definition) is 1. The Labute approximate surface area is 132 Å². The second kappa shape index (κ2) is 6.08. The molecule has 1 aromatic carbocycles. The van der Waals surface area contributed by atoms with E-state index in [0.717, 1.165) is 9.37 Å². The van der Waals surface area contributed by atoms with Crippen molar-refractivity contribution in [3.8, 4) is 0 Å². The largest absolute Gasteiger partial charge is 0.386 e. The average molecular weight is 358 g/mol. The predicted octanol–water partition coefficient (Wildman–Crippen LogP) is 3.14. The van der Waals surface area contributed by atoms with Crippen molar-refractivity contribution < 1.29 is 9.90 Å². The molecule has 0 aromatic heterocycles. The zero-order valence-electron chi connectivity index (χ0n) is 12.1. The molecule has 2 rings (SSSR count). The summed E-state index contributed by atoms with van der Waals surface area (Å²) in [7, 11) is 0. The first kappa shape index (κ1) is 15.9. The van der Waals surface area contributed by atoms with Crippen LogP contribution in [0.3, 0.4) is 0 Å². The number of β-amino-alcohol motifs (C(OH)–C–C–N with tert-alkyl or cyclic N) is 1. The Hall–Kier alpha value is -0.520. The number of benzene rings is 1. The average Bonchev–Trinajstić information content (AvgIpc) is 2.37. The highest BCUT2D eigenvalue weighted by molar-refractivity contribution is 9.10. The fraction of sp³-hybridized carbons (Fsp3) is 0.533. The lowest BCUT2D eigenvalue weighted by Crippen LogP contribution is -2.63. The molecule has 0 spiro atoms. The van der Waals surface area contributed by atoms with Gasteiger partial charge in [0.25, 0.3) is 0 Å². The smallest absolute Gasteiger partial charge is 0.233 e. The van der Waals surface area contributed by atoms with E-state index in [-0.39, 0.29) is 5.91 Å². The van der Waals surface area contributed by atoms with Crippen molar-refractivity contribution in [2.24, 2.45) is 0 Å². The van der Waals surface area contributed by atoms with Crippen LogP contribution in [0.2, 0.25) is 0 Å².